The van der Waals surface area contributed by atoms with Crippen molar-refractivity contribution >= 4 is 0 Å². The number of rotatable bonds is 1. The van der Waals surface area contributed by atoms with E-state index in [0.29, 0.717) is 5.89 Å². The van der Waals surface area contributed by atoms with Gasteiger partial charge >= 0.3 is 0 Å². The average Bonchev–Trinajstić information content (AvgIpc) is 2.73. The van der Waals surface area contributed by atoms with Gasteiger partial charge in [0.15, 0.2) is 0 Å². The highest BCUT2D eigenvalue weighted by molar-refractivity contribution is 5.52. The Kier molecular flexibility index (Phi) is 2.22. The van der Waals surface area contributed by atoms with Crippen molar-refractivity contribution in [3.8, 4) is 11.5 Å². The van der Waals surface area contributed by atoms with Crippen molar-refractivity contribution in [3.05, 3.63) is 36.0 Å². The molecular weight excluding hydrogens is 202 g/mol. The molecule has 3 rings (SSSR count). The van der Waals surface area contributed by atoms with Crippen molar-refractivity contribution in [2.75, 3.05) is 0 Å². The van der Waals surface area contributed by atoms with Crippen molar-refractivity contribution < 1.29 is 4.42 Å². The van der Waals surface area contributed by atoms with E-state index in [1.165, 1.54) is 0 Å². The third kappa shape index (κ3) is 1.61. The van der Waals surface area contributed by atoms with E-state index in [1.54, 1.807) is 12.4 Å². The predicted molar refractivity (Wildman–Crippen MR) is 59.7 cm³/mol. The van der Waals surface area contributed by atoms with E-state index in [-0.39, 0.29) is 6.04 Å². The Balaban J connectivity index is 1.99. The van der Waals surface area contributed by atoms with Gasteiger partial charge in [-0.1, -0.05) is 0 Å². The van der Waals surface area contributed by atoms with Crippen LogP contribution in [0.2, 0.25) is 0 Å². The van der Waals surface area contributed by atoms with Gasteiger partial charge in [-0.2, -0.15) is 0 Å². The van der Waals surface area contributed by atoms with E-state index in [0.717, 1.165) is 36.3 Å². The lowest BCUT2D eigenvalue weighted by Gasteiger charge is -2.14. The van der Waals surface area contributed by atoms with Crippen LogP contribution in [0.4, 0.5) is 0 Å². The molecule has 0 saturated heterocycles. The number of oxazole rings is 1. The molecule has 1 aliphatic rings. The van der Waals surface area contributed by atoms with Crippen LogP contribution in [0, 0.1) is 0 Å². The Morgan fingerprint density at radius 2 is 2.12 bits per heavy atom. The molecule has 0 fully saturated rings. The lowest BCUT2D eigenvalue weighted by Crippen LogP contribution is -2.27. The summed E-state index contributed by atoms with van der Waals surface area (Å²) in [6.45, 7) is 0. The van der Waals surface area contributed by atoms with Crippen LogP contribution in [0.5, 0.6) is 0 Å². The predicted octanol–water partition coefficient (Wildman–Crippen LogP) is 1.55. The zero-order chi connectivity index (χ0) is 11.0. The molecule has 0 aromatic carbocycles. The quantitative estimate of drug-likeness (QED) is 0.783. The van der Waals surface area contributed by atoms with Gasteiger partial charge in [0, 0.05) is 36.8 Å². The third-order valence-electron chi connectivity index (χ3n) is 2.90. The minimum atomic E-state index is 0.225. The van der Waals surface area contributed by atoms with E-state index in [2.05, 4.69) is 9.97 Å². The molecular formula is C12H13N3O. The molecule has 0 radical (unpaired) electrons. The summed E-state index contributed by atoms with van der Waals surface area (Å²) in [4.78, 5) is 8.47. The van der Waals surface area contributed by atoms with Crippen molar-refractivity contribution in [2.24, 2.45) is 5.73 Å². The van der Waals surface area contributed by atoms with Crippen LogP contribution >= 0.6 is 0 Å². The molecule has 1 unspecified atom stereocenters. The van der Waals surface area contributed by atoms with Crippen molar-refractivity contribution in [3.63, 3.8) is 0 Å². The van der Waals surface area contributed by atoms with Crippen molar-refractivity contribution in [1.82, 2.24) is 9.97 Å². The van der Waals surface area contributed by atoms with Crippen LogP contribution in [-0.2, 0) is 12.8 Å². The normalized spacial score (nSPS) is 19.4. The van der Waals surface area contributed by atoms with Gasteiger partial charge in [-0.3, -0.25) is 4.98 Å². The zero-order valence-corrected chi connectivity index (χ0v) is 8.89. The highest BCUT2D eigenvalue weighted by atomic mass is 16.4. The molecule has 4 nitrogen and oxygen atoms in total. The first-order valence-electron chi connectivity index (χ1n) is 5.47. The number of pyridine rings is 1. The molecule has 0 amide bonds. The molecule has 1 atom stereocenters. The summed E-state index contributed by atoms with van der Waals surface area (Å²) in [6.07, 6.45) is 6.19. The molecule has 82 valence electrons. The van der Waals surface area contributed by atoms with E-state index in [4.69, 9.17) is 10.2 Å². The second-order valence-corrected chi connectivity index (χ2v) is 4.13. The molecule has 0 aliphatic heterocycles. The highest BCUT2D eigenvalue weighted by Gasteiger charge is 2.21. The number of aryl methyl sites for hydroxylation is 1. The van der Waals surface area contributed by atoms with Crippen LogP contribution in [0.1, 0.15) is 17.9 Å². The number of nitrogens with two attached hydrogens (primary N) is 1. The summed E-state index contributed by atoms with van der Waals surface area (Å²) >= 11 is 0. The zero-order valence-electron chi connectivity index (χ0n) is 8.89. The molecule has 0 bridgehead atoms. The fraction of sp³-hybridized carbons (Fsp3) is 0.333. The monoisotopic (exact) mass is 215 g/mol. The Bertz CT molecular complexity index is 492. The maximum absolute atomic E-state index is 5.91. The van der Waals surface area contributed by atoms with E-state index in [9.17, 15) is 0 Å². The van der Waals surface area contributed by atoms with Gasteiger partial charge in [-0.05, 0) is 18.6 Å². The molecule has 2 aromatic heterocycles. The lowest BCUT2D eigenvalue weighted by molar-refractivity contribution is 0.463. The van der Waals surface area contributed by atoms with Crippen molar-refractivity contribution in [1.29, 1.82) is 0 Å². The van der Waals surface area contributed by atoms with Gasteiger partial charge in [-0.15, -0.1) is 0 Å². The summed E-state index contributed by atoms with van der Waals surface area (Å²) in [5.74, 6) is 1.68. The molecule has 4 heteroatoms. The molecule has 2 N–H and O–H groups in total. The van der Waals surface area contributed by atoms with Crippen LogP contribution in [0.15, 0.2) is 28.9 Å². The van der Waals surface area contributed by atoms with Gasteiger partial charge in [-0.25, -0.2) is 4.98 Å². The molecule has 0 saturated carbocycles. The van der Waals surface area contributed by atoms with Gasteiger partial charge in [0.1, 0.15) is 5.76 Å². The van der Waals surface area contributed by atoms with Crippen LogP contribution in [0.25, 0.3) is 11.5 Å². The number of fused-ring (bicyclic) bond motifs is 1. The van der Waals surface area contributed by atoms with Crippen LogP contribution in [-0.4, -0.2) is 16.0 Å². The number of aromatic nitrogens is 2. The van der Waals surface area contributed by atoms with E-state index in [1.807, 2.05) is 12.1 Å². The summed E-state index contributed by atoms with van der Waals surface area (Å²) in [5.41, 5.74) is 7.90. The summed E-state index contributed by atoms with van der Waals surface area (Å²) in [7, 11) is 0. The third-order valence-corrected chi connectivity index (χ3v) is 2.90. The minimum Gasteiger partial charge on any atom is -0.441 e. The van der Waals surface area contributed by atoms with Gasteiger partial charge in [0.05, 0.1) is 5.69 Å². The number of hydrogen-bond donors (Lipinski definition) is 1. The molecule has 16 heavy (non-hydrogen) atoms. The second-order valence-electron chi connectivity index (χ2n) is 4.13. The lowest BCUT2D eigenvalue weighted by atomic mass is 9.98. The molecule has 0 spiro atoms. The van der Waals surface area contributed by atoms with E-state index >= 15 is 0 Å². The first kappa shape index (κ1) is 9.54. The largest absolute Gasteiger partial charge is 0.441 e. The SMILES string of the molecule is NC1CCc2oc(-c3ccncc3)nc2C1. The Morgan fingerprint density at radius 1 is 1.31 bits per heavy atom. The van der Waals surface area contributed by atoms with Gasteiger partial charge in [0.2, 0.25) is 5.89 Å². The highest BCUT2D eigenvalue weighted by Crippen LogP contribution is 2.26. The number of hydrogen-bond acceptors (Lipinski definition) is 4. The smallest absolute Gasteiger partial charge is 0.226 e. The minimum absolute atomic E-state index is 0.225. The first-order valence-corrected chi connectivity index (χ1v) is 5.47. The molecule has 2 aromatic rings. The summed E-state index contributed by atoms with van der Waals surface area (Å²) in [5, 5.41) is 0. The molecule has 1 aliphatic carbocycles. The van der Waals surface area contributed by atoms with Crippen LogP contribution < -0.4 is 5.73 Å². The van der Waals surface area contributed by atoms with Crippen LogP contribution in [0.3, 0.4) is 0 Å². The summed E-state index contributed by atoms with van der Waals surface area (Å²) < 4.78 is 5.75. The standard InChI is InChI=1S/C12H13N3O/c13-9-1-2-11-10(7-9)15-12(16-11)8-3-5-14-6-4-8/h3-6,9H,1-2,7,13H2. The topological polar surface area (TPSA) is 64.9 Å². The number of nitrogens with zero attached hydrogens (tertiary/aromatic N) is 2. The fourth-order valence-corrected chi connectivity index (χ4v) is 2.02. The Labute approximate surface area is 93.5 Å². The maximum atomic E-state index is 5.91. The van der Waals surface area contributed by atoms with Gasteiger partial charge in [0.25, 0.3) is 0 Å². The Morgan fingerprint density at radius 3 is 2.94 bits per heavy atom. The van der Waals surface area contributed by atoms with Crippen molar-refractivity contribution in [2.45, 2.75) is 25.3 Å². The average molecular weight is 215 g/mol. The van der Waals surface area contributed by atoms with Gasteiger partial charge < -0.3 is 10.2 Å². The first-order chi connectivity index (χ1) is 7.83. The fourth-order valence-electron chi connectivity index (χ4n) is 2.02. The van der Waals surface area contributed by atoms with E-state index < -0.39 is 0 Å². The Hall–Kier alpha value is -1.68. The maximum Gasteiger partial charge on any atom is 0.226 e. The second kappa shape index (κ2) is 3.72. The summed E-state index contributed by atoms with van der Waals surface area (Å²) in [6, 6.07) is 4.02. The molecule has 2 heterocycles.